The van der Waals surface area contributed by atoms with Crippen molar-refractivity contribution in [2.75, 3.05) is 19.5 Å². The van der Waals surface area contributed by atoms with Gasteiger partial charge in [0.1, 0.15) is 23.1 Å². The number of nitrogens with one attached hydrogen (secondary N) is 2. The topological polar surface area (TPSA) is 128 Å². The number of hydrogen-bond acceptors (Lipinski definition) is 8. The number of carbonyl (C=O) groups is 2. The number of amides is 2. The summed E-state index contributed by atoms with van der Waals surface area (Å²) in [5.41, 5.74) is 5.29. The van der Waals surface area contributed by atoms with Crippen LogP contribution in [0.25, 0.3) is 10.9 Å². The summed E-state index contributed by atoms with van der Waals surface area (Å²) in [4.78, 5) is 33.0. The van der Waals surface area contributed by atoms with Crippen LogP contribution in [-0.4, -0.2) is 47.6 Å². The number of methoxy groups -OCH3 is 1. The maximum Gasteiger partial charge on any atom is 0.254 e. The van der Waals surface area contributed by atoms with E-state index in [1.54, 1.807) is 67.3 Å². The Kier molecular flexibility index (Phi) is 5.89. The molecule has 164 valence electrons. The van der Waals surface area contributed by atoms with Gasteiger partial charge in [0.15, 0.2) is 5.13 Å². The molecule has 0 bridgehead atoms. The van der Waals surface area contributed by atoms with Gasteiger partial charge in [-0.1, -0.05) is 12.2 Å². The number of hydrogen-bond donors (Lipinski definition) is 3. The minimum absolute atomic E-state index is 0.237. The second kappa shape index (κ2) is 8.77. The summed E-state index contributed by atoms with van der Waals surface area (Å²) < 4.78 is 11.4. The average molecular weight is 452 g/mol. The molecule has 3 aromatic rings. The number of pyridine rings is 1. The van der Waals surface area contributed by atoms with Gasteiger partial charge in [-0.05, 0) is 31.3 Å². The van der Waals surface area contributed by atoms with E-state index in [4.69, 9.17) is 15.2 Å². The van der Waals surface area contributed by atoms with Gasteiger partial charge in [0.05, 0.1) is 18.2 Å². The van der Waals surface area contributed by atoms with Crippen LogP contribution in [0.1, 0.15) is 10.4 Å². The molecule has 0 saturated carbocycles. The molecule has 0 saturated heterocycles. The molecule has 1 aliphatic carbocycles. The van der Waals surface area contributed by atoms with Crippen molar-refractivity contribution in [2.45, 2.75) is 11.6 Å². The van der Waals surface area contributed by atoms with Gasteiger partial charge in [0.25, 0.3) is 11.8 Å². The third kappa shape index (κ3) is 4.05. The van der Waals surface area contributed by atoms with Crippen LogP contribution in [0, 0.1) is 0 Å². The van der Waals surface area contributed by atoms with Crippen LogP contribution in [0.4, 0.5) is 5.13 Å². The SMILES string of the molecule is CNC1(C(=O)Nc2nccs2)C=CC(Oc2ccnc3cc(OC)c(C(N)=O)cc23)C=C1. The highest BCUT2D eigenvalue weighted by Gasteiger charge is 2.34. The van der Waals surface area contributed by atoms with Crippen molar-refractivity contribution in [3.05, 3.63) is 65.8 Å². The molecule has 0 spiro atoms. The molecule has 0 radical (unpaired) electrons. The van der Waals surface area contributed by atoms with E-state index in [9.17, 15) is 9.59 Å². The van der Waals surface area contributed by atoms with Crippen molar-refractivity contribution in [3.63, 3.8) is 0 Å². The van der Waals surface area contributed by atoms with Crippen LogP contribution >= 0.6 is 11.3 Å². The summed E-state index contributed by atoms with van der Waals surface area (Å²) in [5, 5.41) is 8.77. The van der Waals surface area contributed by atoms with Gasteiger partial charge in [-0.25, -0.2) is 4.98 Å². The first-order valence-electron chi connectivity index (χ1n) is 9.67. The average Bonchev–Trinajstić information content (AvgIpc) is 3.32. The fourth-order valence-corrected chi connectivity index (χ4v) is 3.89. The number of fused-ring (bicyclic) bond motifs is 1. The number of rotatable bonds is 7. The predicted molar refractivity (Wildman–Crippen MR) is 122 cm³/mol. The van der Waals surface area contributed by atoms with Gasteiger partial charge in [0.2, 0.25) is 0 Å². The van der Waals surface area contributed by atoms with Gasteiger partial charge in [0, 0.05) is 29.2 Å². The van der Waals surface area contributed by atoms with E-state index in [1.165, 1.54) is 18.4 Å². The number of carbonyl (C=O) groups excluding carboxylic acids is 2. The van der Waals surface area contributed by atoms with Gasteiger partial charge < -0.3 is 15.2 Å². The van der Waals surface area contributed by atoms with E-state index in [-0.39, 0.29) is 11.5 Å². The Hall–Kier alpha value is -3.76. The Labute approximate surface area is 188 Å². The van der Waals surface area contributed by atoms with Gasteiger partial charge in [-0.15, -0.1) is 11.3 Å². The molecule has 0 fully saturated rings. The molecule has 4 rings (SSSR count). The first-order valence-corrected chi connectivity index (χ1v) is 10.6. The molecular weight excluding hydrogens is 430 g/mol. The second-order valence-electron chi connectivity index (χ2n) is 6.95. The Morgan fingerprint density at radius 2 is 1.94 bits per heavy atom. The molecule has 1 aromatic carbocycles. The van der Waals surface area contributed by atoms with Gasteiger partial charge in [-0.2, -0.15) is 0 Å². The normalized spacial score (nSPS) is 19.6. The zero-order valence-electron chi connectivity index (χ0n) is 17.4. The number of anilines is 1. The minimum Gasteiger partial charge on any atom is -0.496 e. The van der Waals surface area contributed by atoms with Crippen molar-refractivity contribution in [1.82, 2.24) is 15.3 Å². The fourth-order valence-electron chi connectivity index (χ4n) is 3.37. The van der Waals surface area contributed by atoms with Crippen molar-refractivity contribution in [1.29, 1.82) is 0 Å². The van der Waals surface area contributed by atoms with E-state index in [1.807, 2.05) is 0 Å². The third-order valence-electron chi connectivity index (χ3n) is 5.09. The molecule has 0 aliphatic heterocycles. The molecule has 4 N–H and O–H groups in total. The fraction of sp³-hybridized carbons (Fsp3) is 0.182. The minimum atomic E-state index is -1.03. The van der Waals surface area contributed by atoms with Crippen LogP contribution < -0.4 is 25.8 Å². The molecule has 2 heterocycles. The number of nitrogens with zero attached hydrogens (tertiary/aromatic N) is 2. The standard InChI is InChI=1S/C22H21N5O4S/c1-24-22(20(29)27-21-26-9-10-32-21)6-3-13(4-7-22)31-17-5-8-25-16-12-18(30-2)15(19(23)28)11-14(16)17/h3-13,24H,1-2H3,(H2,23,28)(H,26,27,29). The number of benzene rings is 1. The number of likely N-dealkylation sites (N-methyl/N-ethyl adjacent to an activating group) is 1. The van der Waals surface area contributed by atoms with Gasteiger partial charge in [-0.3, -0.25) is 25.2 Å². The summed E-state index contributed by atoms with van der Waals surface area (Å²) in [7, 11) is 3.16. The lowest BCUT2D eigenvalue weighted by Crippen LogP contribution is -2.51. The quantitative estimate of drug-likeness (QED) is 0.470. The van der Waals surface area contributed by atoms with Crippen molar-refractivity contribution in [2.24, 2.45) is 5.73 Å². The third-order valence-corrected chi connectivity index (χ3v) is 5.78. The number of ether oxygens (including phenoxy) is 2. The summed E-state index contributed by atoms with van der Waals surface area (Å²) in [6, 6.07) is 4.95. The van der Waals surface area contributed by atoms with Crippen molar-refractivity contribution >= 4 is 39.2 Å². The molecule has 10 heteroatoms. The van der Waals surface area contributed by atoms with E-state index >= 15 is 0 Å². The maximum absolute atomic E-state index is 12.8. The first kappa shape index (κ1) is 21.5. The van der Waals surface area contributed by atoms with Crippen LogP contribution in [0.5, 0.6) is 11.5 Å². The maximum atomic E-state index is 12.8. The van der Waals surface area contributed by atoms with Crippen LogP contribution in [0.15, 0.2) is 60.3 Å². The molecule has 32 heavy (non-hydrogen) atoms. The summed E-state index contributed by atoms with van der Waals surface area (Å²) in [6.07, 6.45) is 9.83. The largest absolute Gasteiger partial charge is 0.496 e. The zero-order valence-corrected chi connectivity index (χ0v) is 18.2. The molecule has 0 atom stereocenters. The Morgan fingerprint density at radius 1 is 1.16 bits per heavy atom. The van der Waals surface area contributed by atoms with E-state index in [0.29, 0.717) is 27.5 Å². The Bertz CT molecular complexity index is 1210. The number of aromatic nitrogens is 2. The lowest BCUT2D eigenvalue weighted by molar-refractivity contribution is -0.119. The zero-order chi connectivity index (χ0) is 22.7. The van der Waals surface area contributed by atoms with Crippen LogP contribution in [0.3, 0.4) is 0 Å². The molecule has 9 nitrogen and oxygen atoms in total. The molecule has 2 aromatic heterocycles. The van der Waals surface area contributed by atoms with Gasteiger partial charge >= 0.3 is 0 Å². The molecule has 2 amide bonds. The smallest absolute Gasteiger partial charge is 0.254 e. The van der Waals surface area contributed by atoms with E-state index in [0.717, 1.165) is 0 Å². The summed E-state index contributed by atoms with van der Waals surface area (Å²) in [5.74, 6) is -0.00434. The molecule has 1 aliphatic rings. The monoisotopic (exact) mass is 451 g/mol. The van der Waals surface area contributed by atoms with Crippen molar-refractivity contribution in [3.8, 4) is 11.5 Å². The predicted octanol–water partition coefficient (Wildman–Crippen LogP) is 2.27. The van der Waals surface area contributed by atoms with Crippen LogP contribution in [0.2, 0.25) is 0 Å². The lowest BCUT2D eigenvalue weighted by atomic mass is 9.92. The lowest BCUT2D eigenvalue weighted by Gasteiger charge is -2.29. The number of nitrogens with two attached hydrogens (primary N) is 1. The Morgan fingerprint density at radius 3 is 2.56 bits per heavy atom. The number of primary amides is 1. The van der Waals surface area contributed by atoms with Crippen molar-refractivity contribution < 1.29 is 19.1 Å². The van der Waals surface area contributed by atoms with Crippen LogP contribution in [-0.2, 0) is 4.79 Å². The second-order valence-corrected chi connectivity index (χ2v) is 7.85. The highest BCUT2D eigenvalue weighted by atomic mass is 32.1. The summed E-state index contributed by atoms with van der Waals surface area (Å²) in [6.45, 7) is 0. The van der Waals surface area contributed by atoms with E-state index in [2.05, 4.69) is 20.6 Å². The number of thiazole rings is 1. The molecule has 0 unspecified atom stereocenters. The van der Waals surface area contributed by atoms with E-state index < -0.39 is 17.6 Å². The Balaban J connectivity index is 1.58. The summed E-state index contributed by atoms with van der Waals surface area (Å²) >= 11 is 1.34. The molecular formula is C22H21N5O4S. The highest BCUT2D eigenvalue weighted by molar-refractivity contribution is 7.13. The first-order chi connectivity index (χ1) is 15.5. The highest BCUT2D eigenvalue weighted by Crippen LogP contribution is 2.32.